The number of nitrogens with zero attached hydrogens (tertiary/aromatic N) is 2. The van der Waals surface area contributed by atoms with Gasteiger partial charge in [-0.3, -0.25) is 9.69 Å². The number of amides is 1. The summed E-state index contributed by atoms with van der Waals surface area (Å²) in [4.78, 5) is 29.2. The van der Waals surface area contributed by atoms with E-state index >= 15 is 0 Å². The normalized spacial score (nSPS) is 24.3. The van der Waals surface area contributed by atoms with Crippen LogP contribution >= 0.6 is 0 Å². The highest BCUT2D eigenvalue weighted by Gasteiger charge is 2.41. The Bertz CT molecular complexity index is 758. The number of rotatable bonds is 5. The summed E-state index contributed by atoms with van der Waals surface area (Å²) in [6.07, 6.45) is 2.82. The molecule has 172 valence electrons. The Hall–Kier alpha value is -2.28. The molecule has 0 N–H and O–H groups in total. The first-order chi connectivity index (χ1) is 14.7. The Balaban J connectivity index is 1.74. The van der Waals surface area contributed by atoms with Crippen LogP contribution in [0.1, 0.15) is 45.6 Å². The molecule has 2 aliphatic heterocycles. The Morgan fingerprint density at radius 3 is 2.42 bits per heavy atom. The van der Waals surface area contributed by atoms with Gasteiger partial charge in [0.25, 0.3) is 0 Å². The molecule has 0 saturated carbocycles. The van der Waals surface area contributed by atoms with E-state index in [0.717, 1.165) is 38.1 Å². The first-order valence-electron chi connectivity index (χ1n) is 11.1. The van der Waals surface area contributed by atoms with Crippen molar-refractivity contribution in [1.29, 1.82) is 0 Å². The van der Waals surface area contributed by atoms with Crippen molar-refractivity contribution in [3.63, 3.8) is 0 Å². The molecule has 1 unspecified atom stereocenters. The van der Waals surface area contributed by atoms with Gasteiger partial charge in [0.05, 0.1) is 20.3 Å². The number of methoxy groups -OCH3 is 2. The third-order valence-electron chi connectivity index (χ3n) is 6.18. The Morgan fingerprint density at radius 1 is 1.10 bits per heavy atom. The zero-order valence-electron chi connectivity index (χ0n) is 19.4. The Kier molecular flexibility index (Phi) is 7.46. The zero-order chi connectivity index (χ0) is 22.6. The van der Waals surface area contributed by atoms with Gasteiger partial charge >= 0.3 is 12.1 Å². The molecule has 2 aliphatic rings. The number of ether oxygens (including phenoxy) is 3. The SMILES string of the molecule is COC(=O)CC1CCN2C[C@H](Cc3ccc(OC)cc3)N(C(=O)OC(C)(C)C)C[C@H]2C1. The van der Waals surface area contributed by atoms with Crippen LogP contribution in [0.15, 0.2) is 24.3 Å². The molecule has 2 heterocycles. The van der Waals surface area contributed by atoms with Crippen molar-refractivity contribution in [1.82, 2.24) is 9.80 Å². The van der Waals surface area contributed by atoms with Crippen LogP contribution in [0.3, 0.4) is 0 Å². The quantitative estimate of drug-likeness (QED) is 0.664. The smallest absolute Gasteiger partial charge is 0.410 e. The molecule has 31 heavy (non-hydrogen) atoms. The second-order valence-electron chi connectivity index (χ2n) is 9.66. The van der Waals surface area contributed by atoms with Crippen LogP contribution in [0.5, 0.6) is 5.75 Å². The summed E-state index contributed by atoms with van der Waals surface area (Å²) in [5.41, 5.74) is 0.622. The molecule has 3 atom stereocenters. The maximum atomic E-state index is 13.1. The number of piperidine rings is 1. The molecule has 1 aromatic carbocycles. The van der Waals surface area contributed by atoms with E-state index in [4.69, 9.17) is 14.2 Å². The summed E-state index contributed by atoms with van der Waals surface area (Å²) < 4.78 is 15.9. The van der Waals surface area contributed by atoms with Crippen LogP contribution in [0.25, 0.3) is 0 Å². The minimum Gasteiger partial charge on any atom is -0.497 e. The minimum absolute atomic E-state index is 0.0386. The van der Waals surface area contributed by atoms with E-state index in [1.807, 2.05) is 37.8 Å². The second-order valence-corrected chi connectivity index (χ2v) is 9.66. The molecule has 1 aromatic rings. The van der Waals surface area contributed by atoms with Crippen molar-refractivity contribution in [2.45, 2.75) is 64.1 Å². The van der Waals surface area contributed by atoms with E-state index in [1.165, 1.54) is 12.7 Å². The standard InChI is InChI=1S/C24H36N2O5/c1-24(2,3)31-23(28)26-16-19-13-18(14-22(27)30-5)10-11-25(19)15-20(26)12-17-6-8-21(29-4)9-7-17/h6-9,18-20H,10-16H2,1-5H3/t18?,19-,20+/m1/s1. The van der Waals surface area contributed by atoms with E-state index in [0.29, 0.717) is 18.9 Å². The fourth-order valence-electron chi connectivity index (χ4n) is 4.62. The Labute approximate surface area is 185 Å². The number of piperazine rings is 1. The predicted molar refractivity (Wildman–Crippen MR) is 118 cm³/mol. The lowest BCUT2D eigenvalue weighted by molar-refractivity contribution is -0.142. The third-order valence-corrected chi connectivity index (χ3v) is 6.18. The summed E-state index contributed by atoms with van der Waals surface area (Å²) in [7, 11) is 3.09. The van der Waals surface area contributed by atoms with Crippen LogP contribution in [0.2, 0.25) is 0 Å². The average molecular weight is 433 g/mol. The summed E-state index contributed by atoms with van der Waals surface area (Å²) in [5.74, 6) is 0.965. The fourth-order valence-corrected chi connectivity index (χ4v) is 4.62. The van der Waals surface area contributed by atoms with Gasteiger partial charge < -0.3 is 19.1 Å². The summed E-state index contributed by atoms with van der Waals surface area (Å²) in [5, 5.41) is 0. The maximum Gasteiger partial charge on any atom is 0.410 e. The monoisotopic (exact) mass is 432 g/mol. The van der Waals surface area contributed by atoms with Crippen molar-refractivity contribution < 1.29 is 23.8 Å². The summed E-state index contributed by atoms with van der Waals surface area (Å²) >= 11 is 0. The molecule has 0 bridgehead atoms. The number of carbonyl (C=O) groups is 2. The lowest BCUT2D eigenvalue weighted by Gasteiger charge is -2.49. The van der Waals surface area contributed by atoms with E-state index in [1.54, 1.807) is 7.11 Å². The van der Waals surface area contributed by atoms with Gasteiger partial charge in [-0.1, -0.05) is 12.1 Å². The molecule has 7 nitrogen and oxygen atoms in total. The molecular weight excluding hydrogens is 396 g/mol. The van der Waals surface area contributed by atoms with E-state index in [-0.39, 0.29) is 24.1 Å². The van der Waals surface area contributed by atoms with Crippen molar-refractivity contribution in [2.24, 2.45) is 5.92 Å². The van der Waals surface area contributed by atoms with Gasteiger partial charge in [0.1, 0.15) is 11.4 Å². The fraction of sp³-hybridized carbons (Fsp3) is 0.667. The van der Waals surface area contributed by atoms with Crippen molar-refractivity contribution in [2.75, 3.05) is 33.9 Å². The predicted octanol–water partition coefficient (Wildman–Crippen LogP) is 3.50. The van der Waals surface area contributed by atoms with Gasteiger partial charge in [-0.15, -0.1) is 0 Å². The molecule has 0 aliphatic carbocycles. The molecule has 7 heteroatoms. The van der Waals surface area contributed by atoms with Gasteiger partial charge in [0.2, 0.25) is 0 Å². The minimum atomic E-state index is -0.543. The van der Waals surface area contributed by atoms with E-state index in [9.17, 15) is 9.59 Å². The number of fused-ring (bicyclic) bond motifs is 1. The van der Waals surface area contributed by atoms with Crippen LogP contribution in [0, 0.1) is 5.92 Å². The number of hydrogen-bond donors (Lipinski definition) is 0. The van der Waals surface area contributed by atoms with Crippen LogP contribution < -0.4 is 4.74 Å². The van der Waals surface area contributed by atoms with Crippen LogP contribution in [0.4, 0.5) is 4.79 Å². The number of hydrogen-bond acceptors (Lipinski definition) is 6. The van der Waals surface area contributed by atoms with Gasteiger partial charge in [0, 0.05) is 25.6 Å². The average Bonchev–Trinajstić information content (AvgIpc) is 2.72. The second kappa shape index (κ2) is 9.90. The number of carbonyl (C=O) groups excluding carboxylic acids is 2. The molecule has 2 fully saturated rings. The highest BCUT2D eigenvalue weighted by atomic mass is 16.6. The van der Waals surface area contributed by atoms with E-state index < -0.39 is 5.60 Å². The molecule has 0 spiro atoms. The van der Waals surface area contributed by atoms with Crippen molar-refractivity contribution in [3.8, 4) is 5.75 Å². The molecule has 2 saturated heterocycles. The maximum absolute atomic E-state index is 13.1. The molecule has 0 aromatic heterocycles. The van der Waals surface area contributed by atoms with E-state index in [2.05, 4.69) is 17.0 Å². The largest absolute Gasteiger partial charge is 0.497 e. The molecule has 1 amide bonds. The summed E-state index contributed by atoms with van der Waals surface area (Å²) in [6.45, 7) is 8.05. The molecular formula is C24H36N2O5. The van der Waals surface area contributed by atoms with Gasteiger partial charge in [-0.05, 0) is 70.2 Å². The van der Waals surface area contributed by atoms with Crippen LogP contribution in [-0.2, 0) is 20.7 Å². The van der Waals surface area contributed by atoms with Gasteiger partial charge in [-0.2, -0.15) is 0 Å². The van der Waals surface area contributed by atoms with Gasteiger partial charge in [0.15, 0.2) is 0 Å². The first-order valence-corrected chi connectivity index (χ1v) is 11.1. The van der Waals surface area contributed by atoms with Crippen molar-refractivity contribution in [3.05, 3.63) is 29.8 Å². The van der Waals surface area contributed by atoms with Crippen molar-refractivity contribution >= 4 is 12.1 Å². The lowest BCUT2D eigenvalue weighted by Crippen LogP contribution is -2.62. The highest BCUT2D eigenvalue weighted by molar-refractivity contribution is 5.70. The topological polar surface area (TPSA) is 68.3 Å². The third kappa shape index (κ3) is 6.35. The Morgan fingerprint density at radius 2 is 1.81 bits per heavy atom. The molecule has 0 radical (unpaired) electrons. The number of esters is 1. The zero-order valence-corrected chi connectivity index (χ0v) is 19.4. The lowest BCUT2D eigenvalue weighted by atomic mass is 9.85. The van der Waals surface area contributed by atoms with Gasteiger partial charge in [-0.25, -0.2) is 4.79 Å². The molecule has 3 rings (SSSR count). The first kappa shape index (κ1) is 23.4. The summed E-state index contributed by atoms with van der Waals surface area (Å²) in [6, 6.07) is 8.30. The highest BCUT2D eigenvalue weighted by Crippen LogP contribution is 2.31. The van der Waals surface area contributed by atoms with Crippen LogP contribution in [-0.4, -0.2) is 73.4 Å². The number of benzene rings is 1.